The van der Waals surface area contributed by atoms with Gasteiger partial charge in [-0.3, -0.25) is 9.59 Å². The van der Waals surface area contributed by atoms with Crippen molar-refractivity contribution in [3.05, 3.63) is 70.8 Å². The Labute approximate surface area is 223 Å². The molecule has 0 bridgehead atoms. The second-order valence-electron chi connectivity index (χ2n) is 10.4. The number of carbonyl (C=O) groups excluding carboxylic acids is 2. The number of aryl methyl sites for hydroxylation is 2. The minimum atomic E-state index is -0.656. The Morgan fingerprint density at radius 2 is 0.973 bits per heavy atom. The number of benzene rings is 2. The van der Waals surface area contributed by atoms with Crippen LogP contribution in [0.25, 0.3) is 0 Å². The third-order valence-electron chi connectivity index (χ3n) is 7.26. The smallest absolute Gasteiger partial charge is 0.316 e. The van der Waals surface area contributed by atoms with Crippen LogP contribution in [-0.4, -0.2) is 38.4 Å². The molecule has 5 nitrogen and oxygen atoms in total. The summed E-state index contributed by atoms with van der Waals surface area (Å²) < 4.78 is 16.7. The second-order valence-corrected chi connectivity index (χ2v) is 10.4. The molecule has 0 aromatic heterocycles. The van der Waals surface area contributed by atoms with Crippen molar-refractivity contribution in [2.24, 2.45) is 0 Å². The van der Waals surface area contributed by atoms with E-state index in [0.29, 0.717) is 39.3 Å². The summed E-state index contributed by atoms with van der Waals surface area (Å²) in [6.07, 6.45) is 4.93. The molecule has 0 fully saturated rings. The third-order valence-corrected chi connectivity index (χ3v) is 7.26. The Morgan fingerprint density at radius 1 is 0.622 bits per heavy atom. The van der Waals surface area contributed by atoms with Gasteiger partial charge in [0.1, 0.15) is 0 Å². The standard InChI is InChI=1S/C32H46O5/c1-7-36-29(33)31(5,27-17-13-25(3)14-18-27)21-9-11-23-35-24-12-10-22-32(6,30(34)37-8-2)28-19-15-26(4)16-20-28/h13-20H,7-12,21-24H2,1-6H3. The van der Waals surface area contributed by atoms with E-state index in [1.165, 1.54) is 11.1 Å². The van der Waals surface area contributed by atoms with Gasteiger partial charge in [0.2, 0.25) is 0 Å². The van der Waals surface area contributed by atoms with Crippen LogP contribution in [0.5, 0.6) is 0 Å². The van der Waals surface area contributed by atoms with E-state index in [1.807, 2.05) is 90.1 Å². The van der Waals surface area contributed by atoms with Crippen LogP contribution in [0.2, 0.25) is 0 Å². The molecule has 2 atom stereocenters. The topological polar surface area (TPSA) is 61.8 Å². The number of rotatable bonds is 16. The average molecular weight is 511 g/mol. The number of carbonyl (C=O) groups is 2. The molecule has 0 amide bonds. The predicted molar refractivity (Wildman–Crippen MR) is 149 cm³/mol. The van der Waals surface area contributed by atoms with Crippen LogP contribution in [0.1, 0.15) is 88.5 Å². The minimum Gasteiger partial charge on any atom is -0.465 e. The van der Waals surface area contributed by atoms with Gasteiger partial charge in [-0.15, -0.1) is 0 Å². The van der Waals surface area contributed by atoms with E-state index in [1.54, 1.807) is 0 Å². The fourth-order valence-electron chi connectivity index (χ4n) is 4.62. The van der Waals surface area contributed by atoms with Gasteiger partial charge in [-0.25, -0.2) is 0 Å². The number of unbranched alkanes of at least 4 members (excludes halogenated alkanes) is 2. The molecule has 0 aliphatic carbocycles. The summed E-state index contributed by atoms with van der Waals surface area (Å²) in [7, 11) is 0. The van der Waals surface area contributed by atoms with Gasteiger partial charge < -0.3 is 14.2 Å². The Hall–Kier alpha value is -2.66. The van der Waals surface area contributed by atoms with Gasteiger partial charge in [0.15, 0.2) is 0 Å². The quantitative estimate of drug-likeness (QED) is 0.180. The molecule has 0 saturated heterocycles. The molecule has 0 N–H and O–H groups in total. The van der Waals surface area contributed by atoms with E-state index in [2.05, 4.69) is 0 Å². The van der Waals surface area contributed by atoms with Crippen molar-refractivity contribution in [2.45, 2.75) is 90.9 Å². The zero-order valence-electron chi connectivity index (χ0n) is 23.7. The van der Waals surface area contributed by atoms with E-state index in [-0.39, 0.29) is 11.9 Å². The van der Waals surface area contributed by atoms with Gasteiger partial charge >= 0.3 is 11.9 Å². The molecule has 2 rings (SSSR count). The third kappa shape index (κ3) is 8.70. The lowest BCUT2D eigenvalue weighted by Crippen LogP contribution is -2.34. The SMILES string of the molecule is CCOC(=O)C(C)(CCCCOCCCCC(C)(C(=O)OCC)c1ccc(C)cc1)c1ccc(C)cc1. The summed E-state index contributed by atoms with van der Waals surface area (Å²) in [5, 5.41) is 0. The lowest BCUT2D eigenvalue weighted by Gasteiger charge is -2.28. The lowest BCUT2D eigenvalue weighted by molar-refractivity contribution is -0.150. The Morgan fingerprint density at radius 3 is 1.30 bits per heavy atom. The minimum absolute atomic E-state index is 0.169. The van der Waals surface area contributed by atoms with Crippen molar-refractivity contribution < 1.29 is 23.8 Å². The van der Waals surface area contributed by atoms with Crippen LogP contribution in [-0.2, 0) is 34.6 Å². The first kappa shape index (κ1) is 30.6. The lowest BCUT2D eigenvalue weighted by atomic mass is 9.78. The fraction of sp³-hybridized carbons (Fsp3) is 0.562. The average Bonchev–Trinajstić information content (AvgIpc) is 2.88. The number of esters is 2. The van der Waals surface area contributed by atoms with Crippen LogP contribution < -0.4 is 0 Å². The molecule has 2 aromatic rings. The van der Waals surface area contributed by atoms with E-state index in [9.17, 15) is 9.59 Å². The van der Waals surface area contributed by atoms with Crippen molar-refractivity contribution in [1.29, 1.82) is 0 Å². The van der Waals surface area contributed by atoms with Crippen LogP contribution in [0.15, 0.2) is 48.5 Å². The fourth-order valence-corrected chi connectivity index (χ4v) is 4.62. The first-order valence-electron chi connectivity index (χ1n) is 13.7. The predicted octanol–water partition coefficient (Wildman–Crippen LogP) is 7.00. The molecule has 0 aliphatic heterocycles. The normalized spacial score (nSPS) is 14.4. The molecule has 0 saturated carbocycles. The zero-order chi connectivity index (χ0) is 27.3. The number of hydrogen-bond acceptors (Lipinski definition) is 5. The maximum atomic E-state index is 12.8. The molecule has 5 heteroatoms. The molecule has 0 radical (unpaired) electrons. The van der Waals surface area contributed by atoms with Gasteiger partial charge in [-0.1, -0.05) is 59.7 Å². The number of ether oxygens (including phenoxy) is 3. The largest absolute Gasteiger partial charge is 0.465 e. The molecule has 2 unspecified atom stereocenters. The Kier molecular flexibility index (Phi) is 12.3. The summed E-state index contributed by atoms with van der Waals surface area (Å²) in [6.45, 7) is 13.8. The summed E-state index contributed by atoms with van der Waals surface area (Å²) in [4.78, 5) is 25.6. The molecule has 37 heavy (non-hydrogen) atoms. The van der Waals surface area contributed by atoms with Gasteiger partial charge in [-0.05, 0) is 91.2 Å². The molecule has 0 spiro atoms. The van der Waals surface area contributed by atoms with Gasteiger partial charge in [-0.2, -0.15) is 0 Å². The molecule has 0 heterocycles. The summed E-state index contributed by atoms with van der Waals surface area (Å²) in [5.74, 6) is -0.337. The van der Waals surface area contributed by atoms with Crippen molar-refractivity contribution in [3.63, 3.8) is 0 Å². The van der Waals surface area contributed by atoms with Gasteiger partial charge in [0.25, 0.3) is 0 Å². The Bertz CT molecular complexity index is 886. The van der Waals surface area contributed by atoms with Crippen LogP contribution in [0, 0.1) is 13.8 Å². The van der Waals surface area contributed by atoms with Gasteiger partial charge in [0.05, 0.1) is 24.0 Å². The molecular formula is C32H46O5. The zero-order valence-corrected chi connectivity index (χ0v) is 23.7. The Balaban J connectivity index is 1.79. The molecule has 2 aromatic carbocycles. The summed E-state index contributed by atoms with van der Waals surface area (Å²) >= 11 is 0. The summed E-state index contributed by atoms with van der Waals surface area (Å²) in [5.41, 5.74) is 3.02. The van der Waals surface area contributed by atoms with E-state index in [4.69, 9.17) is 14.2 Å². The highest BCUT2D eigenvalue weighted by Crippen LogP contribution is 2.33. The van der Waals surface area contributed by atoms with Crippen molar-refractivity contribution in [1.82, 2.24) is 0 Å². The van der Waals surface area contributed by atoms with Crippen molar-refractivity contribution in [3.8, 4) is 0 Å². The van der Waals surface area contributed by atoms with Crippen LogP contribution in [0.3, 0.4) is 0 Å². The maximum Gasteiger partial charge on any atom is 0.316 e. The highest BCUT2D eigenvalue weighted by molar-refractivity contribution is 5.83. The first-order valence-corrected chi connectivity index (χ1v) is 13.7. The highest BCUT2D eigenvalue weighted by Gasteiger charge is 2.37. The molecule has 0 aliphatic rings. The first-order chi connectivity index (χ1) is 17.7. The number of hydrogen-bond donors (Lipinski definition) is 0. The van der Waals surface area contributed by atoms with Crippen molar-refractivity contribution in [2.75, 3.05) is 26.4 Å². The second kappa shape index (κ2) is 14.9. The summed E-state index contributed by atoms with van der Waals surface area (Å²) in [6, 6.07) is 16.3. The van der Waals surface area contributed by atoms with E-state index in [0.717, 1.165) is 36.8 Å². The molecular weight excluding hydrogens is 464 g/mol. The van der Waals surface area contributed by atoms with E-state index < -0.39 is 10.8 Å². The van der Waals surface area contributed by atoms with Crippen LogP contribution in [0.4, 0.5) is 0 Å². The highest BCUT2D eigenvalue weighted by atomic mass is 16.5. The molecule has 204 valence electrons. The maximum absolute atomic E-state index is 12.8. The van der Waals surface area contributed by atoms with Gasteiger partial charge in [0, 0.05) is 13.2 Å². The van der Waals surface area contributed by atoms with Crippen molar-refractivity contribution >= 4 is 11.9 Å². The van der Waals surface area contributed by atoms with Crippen LogP contribution >= 0.6 is 0 Å². The van der Waals surface area contributed by atoms with E-state index >= 15 is 0 Å². The monoisotopic (exact) mass is 510 g/mol.